The Balaban J connectivity index is 1.95. The van der Waals surface area contributed by atoms with Crippen molar-refractivity contribution in [2.24, 2.45) is 0 Å². The molecule has 3 nitrogen and oxygen atoms in total. The minimum Gasteiger partial charge on any atom is -0.384 e. The van der Waals surface area contributed by atoms with Crippen LogP contribution in [0.3, 0.4) is 0 Å². The summed E-state index contributed by atoms with van der Waals surface area (Å²) >= 11 is 1.59. The molecule has 0 fully saturated rings. The average molecular weight is 285 g/mol. The maximum Gasteiger partial charge on any atom is 0.224 e. The summed E-state index contributed by atoms with van der Waals surface area (Å²) in [5.74, 6) is 5.50. The van der Waals surface area contributed by atoms with Gasteiger partial charge in [0, 0.05) is 12.1 Å². The molecule has 0 saturated heterocycles. The van der Waals surface area contributed by atoms with Gasteiger partial charge in [-0.15, -0.1) is 0 Å². The average Bonchev–Trinajstić information content (AvgIpc) is 2.96. The number of aliphatic hydroxyl groups excluding tert-OH is 1. The van der Waals surface area contributed by atoms with Crippen molar-refractivity contribution in [2.75, 3.05) is 6.61 Å². The first kappa shape index (κ1) is 14.3. The first-order valence-electron chi connectivity index (χ1n) is 6.25. The number of hydrogen-bond acceptors (Lipinski definition) is 3. The molecule has 1 heterocycles. The van der Waals surface area contributed by atoms with Crippen molar-refractivity contribution in [3.8, 4) is 11.8 Å². The minimum atomic E-state index is -0.168. The molecule has 0 radical (unpaired) electrons. The summed E-state index contributed by atoms with van der Waals surface area (Å²) in [6, 6.07) is 9.54. The second-order valence-corrected chi connectivity index (χ2v) is 4.98. The van der Waals surface area contributed by atoms with Crippen molar-refractivity contribution in [1.82, 2.24) is 5.32 Å². The molecule has 1 aromatic heterocycles. The lowest BCUT2D eigenvalue weighted by molar-refractivity contribution is -0.120. The van der Waals surface area contributed by atoms with Gasteiger partial charge < -0.3 is 10.4 Å². The number of carbonyl (C=O) groups excluding carboxylic acids is 1. The molecule has 2 N–H and O–H groups in total. The van der Waals surface area contributed by atoms with E-state index in [9.17, 15) is 4.79 Å². The Labute approximate surface area is 122 Å². The normalized spacial score (nSPS) is 9.65. The summed E-state index contributed by atoms with van der Waals surface area (Å²) in [5, 5.41) is 15.6. The highest BCUT2D eigenvalue weighted by molar-refractivity contribution is 7.07. The molecule has 0 aliphatic heterocycles. The molecule has 0 aliphatic carbocycles. The Kier molecular flexibility index (Phi) is 5.36. The molecular weight excluding hydrogens is 270 g/mol. The first-order chi connectivity index (χ1) is 9.79. The van der Waals surface area contributed by atoms with Gasteiger partial charge >= 0.3 is 0 Å². The number of aliphatic hydroxyl groups is 1. The van der Waals surface area contributed by atoms with Crippen LogP contribution in [-0.4, -0.2) is 17.6 Å². The van der Waals surface area contributed by atoms with Gasteiger partial charge in [0.15, 0.2) is 0 Å². The molecule has 0 atom stereocenters. The van der Waals surface area contributed by atoms with Crippen molar-refractivity contribution >= 4 is 17.2 Å². The molecule has 0 spiro atoms. The van der Waals surface area contributed by atoms with E-state index in [2.05, 4.69) is 17.2 Å². The molecule has 102 valence electrons. The van der Waals surface area contributed by atoms with Gasteiger partial charge in [-0.25, -0.2) is 0 Å². The summed E-state index contributed by atoms with van der Waals surface area (Å²) in [6.45, 7) is 0.276. The Morgan fingerprint density at radius 2 is 2.15 bits per heavy atom. The van der Waals surface area contributed by atoms with Crippen LogP contribution >= 0.6 is 11.3 Å². The zero-order chi connectivity index (χ0) is 14.2. The summed E-state index contributed by atoms with van der Waals surface area (Å²) in [5.41, 5.74) is 2.81. The van der Waals surface area contributed by atoms with Gasteiger partial charge in [-0.3, -0.25) is 4.79 Å². The minimum absolute atomic E-state index is 0.00618. The fraction of sp³-hybridized carbons (Fsp3) is 0.188. The van der Waals surface area contributed by atoms with Crippen LogP contribution in [0, 0.1) is 11.8 Å². The van der Waals surface area contributed by atoms with E-state index < -0.39 is 0 Å². The number of hydrogen-bond donors (Lipinski definition) is 2. The summed E-state index contributed by atoms with van der Waals surface area (Å²) < 4.78 is 0. The summed E-state index contributed by atoms with van der Waals surface area (Å²) in [4.78, 5) is 11.8. The zero-order valence-corrected chi connectivity index (χ0v) is 11.7. The van der Waals surface area contributed by atoms with E-state index in [1.807, 2.05) is 41.1 Å². The number of thiophene rings is 1. The highest BCUT2D eigenvalue weighted by atomic mass is 32.1. The van der Waals surface area contributed by atoms with E-state index in [1.165, 1.54) is 0 Å². The fourth-order valence-electron chi connectivity index (χ4n) is 1.77. The molecule has 2 rings (SSSR count). The molecule has 4 heteroatoms. The van der Waals surface area contributed by atoms with Gasteiger partial charge in [-0.05, 0) is 34.0 Å². The molecule has 0 bridgehead atoms. The molecule has 1 aromatic carbocycles. The van der Waals surface area contributed by atoms with Crippen molar-refractivity contribution < 1.29 is 9.90 Å². The van der Waals surface area contributed by atoms with Crippen LogP contribution < -0.4 is 5.32 Å². The van der Waals surface area contributed by atoms with Gasteiger partial charge in [0.05, 0.1) is 6.42 Å². The van der Waals surface area contributed by atoms with Crippen molar-refractivity contribution in [3.63, 3.8) is 0 Å². The van der Waals surface area contributed by atoms with Crippen LogP contribution in [0.1, 0.15) is 16.7 Å². The third kappa shape index (κ3) is 4.23. The van der Waals surface area contributed by atoms with E-state index in [4.69, 9.17) is 5.11 Å². The Bertz CT molecular complexity index is 623. The molecule has 20 heavy (non-hydrogen) atoms. The topological polar surface area (TPSA) is 49.3 Å². The van der Waals surface area contributed by atoms with Gasteiger partial charge in [0.1, 0.15) is 6.61 Å². The predicted molar refractivity (Wildman–Crippen MR) is 80.3 cm³/mol. The van der Waals surface area contributed by atoms with Crippen molar-refractivity contribution in [1.29, 1.82) is 0 Å². The van der Waals surface area contributed by atoms with Gasteiger partial charge in [0.25, 0.3) is 0 Å². The molecule has 1 amide bonds. The molecule has 0 aliphatic rings. The third-order valence-corrected chi connectivity index (χ3v) is 3.47. The molecule has 0 saturated carbocycles. The van der Waals surface area contributed by atoms with Crippen LogP contribution in [0.5, 0.6) is 0 Å². The SMILES string of the molecule is O=C(Cc1ccsc1)NCc1ccccc1C#CCO. The largest absolute Gasteiger partial charge is 0.384 e. The highest BCUT2D eigenvalue weighted by Gasteiger charge is 2.05. The van der Waals surface area contributed by atoms with Crippen LogP contribution in [-0.2, 0) is 17.8 Å². The Morgan fingerprint density at radius 3 is 2.90 bits per heavy atom. The quantitative estimate of drug-likeness (QED) is 0.844. The van der Waals surface area contributed by atoms with Crippen LogP contribution in [0.15, 0.2) is 41.1 Å². The third-order valence-electron chi connectivity index (χ3n) is 2.74. The number of nitrogens with one attached hydrogen (secondary N) is 1. The lowest BCUT2D eigenvalue weighted by Gasteiger charge is -2.06. The van der Waals surface area contributed by atoms with Gasteiger partial charge in [-0.1, -0.05) is 30.0 Å². The maximum absolute atomic E-state index is 11.8. The summed E-state index contributed by atoms with van der Waals surface area (Å²) in [6.07, 6.45) is 0.397. The zero-order valence-electron chi connectivity index (χ0n) is 10.9. The van der Waals surface area contributed by atoms with Gasteiger partial charge in [-0.2, -0.15) is 11.3 Å². The smallest absolute Gasteiger partial charge is 0.224 e. The molecular formula is C16H15NO2S. The van der Waals surface area contributed by atoms with Crippen LogP contribution in [0.2, 0.25) is 0 Å². The Morgan fingerprint density at radius 1 is 1.30 bits per heavy atom. The van der Waals surface area contributed by atoms with E-state index in [0.717, 1.165) is 16.7 Å². The van der Waals surface area contributed by atoms with E-state index in [-0.39, 0.29) is 12.5 Å². The number of benzene rings is 1. The second kappa shape index (κ2) is 7.49. The van der Waals surface area contributed by atoms with Gasteiger partial charge in [0.2, 0.25) is 5.91 Å². The van der Waals surface area contributed by atoms with Crippen molar-refractivity contribution in [2.45, 2.75) is 13.0 Å². The standard InChI is InChI=1S/C16H15NO2S/c18-8-3-6-14-4-1-2-5-15(14)11-17-16(19)10-13-7-9-20-12-13/h1-2,4-5,7,9,12,18H,8,10-11H2,(H,17,19). The Hall–Kier alpha value is -2.09. The second-order valence-electron chi connectivity index (χ2n) is 4.20. The number of amides is 1. The number of carbonyl (C=O) groups is 1. The van der Waals surface area contributed by atoms with Crippen molar-refractivity contribution in [3.05, 3.63) is 57.8 Å². The highest BCUT2D eigenvalue weighted by Crippen LogP contribution is 2.08. The first-order valence-corrected chi connectivity index (χ1v) is 7.19. The number of rotatable bonds is 4. The predicted octanol–water partition coefficient (Wildman–Crippen LogP) is 1.95. The molecule has 0 unspecified atom stereocenters. The fourth-order valence-corrected chi connectivity index (χ4v) is 2.43. The van der Waals surface area contributed by atoms with Crippen LogP contribution in [0.25, 0.3) is 0 Å². The van der Waals surface area contributed by atoms with Crippen LogP contribution in [0.4, 0.5) is 0 Å². The maximum atomic E-state index is 11.8. The summed E-state index contributed by atoms with van der Waals surface area (Å²) in [7, 11) is 0. The lowest BCUT2D eigenvalue weighted by atomic mass is 10.1. The van der Waals surface area contributed by atoms with E-state index in [1.54, 1.807) is 11.3 Å². The lowest BCUT2D eigenvalue weighted by Crippen LogP contribution is -2.24. The monoisotopic (exact) mass is 285 g/mol. The molecule has 2 aromatic rings. The van der Waals surface area contributed by atoms with E-state index in [0.29, 0.717) is 13.0 Å². The van der Waals surface area contributed by atoms with E-state index >= 15 is 0 Å².